The van der Waals surface area contributed by atoms with Gasteiger partial charge in [0.15, 0.2) is 0 Å². The first-order valence-corrected chi connectivity index (χ1v) is 31.4. The summed E-state index contributed by atoms with van der Waals surface area (Å²) in [7, 11) is 2.92. The Morgan fingerprint density at radius 1 is 0.419 bits per heavy atom. The Labute approximate surface area is 456 Å². The Bertz CT molecular complexity index is 1720. The van der Waals surface area contributed by atoms with Crippen LogP contribution in [0.2, 0.25) is 0 Å². The average molecular weight is 1020 g/mol. The molecule has 0 radical (unpaired) electrons. The minimum absolute atomic E-state index is 0.0763. The van der Waals surface area contributed by atoms with E-state index in [1.165, 1.54) is 194 Å². The third kappa shape index (κ3) is 23.9. The lowest BCUT2D eigenvalue weighted by Crippen LogP contribution is -2.12. The van der Waals surface area contributed by atoms with Gasteiger partial charge in [0.25, 0.3) is 0 Å². The summed E-state index contributed by atoms with van der Waals surface area (Å²) in [5.41, 5.74) is 0. The molecule has 3 saturated carbocycles. The average Bonchev–Trinajstić information content (AvgIpc) is 4.30. The third-order valence-electron chi connectivity index (χ3n) is 18.1. The first-order valence-electron chi connectivity index (χ1n) is 31.4. The molecule has 74 heavy (non-hydrogen) atoms. The summed E-state index contributed by atoms with van der Waals surface area (Å²) >= 11 is 0. The Morgan fingerprint density at radius 2 is 0.784 bits per heavy atom. The highest BCUT2D eigenvalue weighted by molar-refractivity contribution is 5.69. The first kappa shape index (κ1) is 63.1. The SMILES string of the molecule is C1=CC2C3C=CC(C3)C2C1.C=CC1CC(/C=C/CCCCCCCC(=O)OC)C2C=CCC12.C=CC1CC(/C=C/CCCCCCCC)C2C=CCC12.CCCCCCCC/C=C\CCCCCCCC(=O)OC. The second-order valence-electron chi connectivity index (χ2n) is 23.5. The molecular weight excluding hydrogens is 905 g/mol. The normalized spacial score (nSPS) is 28.2. The van der Waals surface area contributed by atoms with Gasteiger partial charge in [-0.05, 0) is 174 Å². The van der Waals surface area contributed by atoms with Crippen LogP contribution in [-0.4, -0.2) is 26.2 Å². The maximum absolute atomic E-state index is 11.0. The summed E-state index contributed by atoms with van der Waals surface area (Å²) in [6.07, 6.45) is 80.8. The molecule has 0 aromatic heterocycles. The van der Waals surface area contributed by atoms with E-state index in [9.17, 15) is 9.59 Å². The van der Waals surface area contributed by atoms with Gasteiger partial charge in [0, 0.05) is 12.8 Å². The Balaban J connectivity index is 0.000000219. The van der Waals surface area contributed by atoms with Crippen molar-refractivity contribution in [3.05, 3.63) is 110 Å². The van der Waals surface area contributed by atoms with Crippen LogP contribution in [-0.2, 0) is 19.1 Å². The van der Waals surface area contributed by atoms with Crippen LogP contribution in [0.4, 0.5) is 0 Å². The zero-order valence-electron chi connectivity index (χ0n) is 48.3. The Hall–Kier alpha value is -3.40. The Morgan fingerprint density at radius 3 is 1.19 bits per heavy atom. The molecule has 0 heterocycles. The molecule has 12 atom stereocenters. The molecule has 7 rings (SSSR count). The fourth-order valence-electron chi connectivity index (χ4n) is 13.6. The second kappa shape index (κ2) is 39.9. The summed E-state index contributed by atoms with van der Waals surface area (Å²) in [4.78, 5) is 21.9. The summed E-state index contributed by atoms with van der Waals surface area (Å²) in [5, 5.41) is 0. The van der Waals surface area contributed by atoms with Gasteiger partial charge in [-0.25, -0.2) is 0 Å². The molecule has 0 saturated heterocycles. The van der Waals surface area contributed by atoms with Crippen LogP contribution in [0.1, 0.15) is 232 Å². The van der Waals surface area contributed by atoms with E-state index >= 15 is 0 Å². The van der Waals surface area contributed by atoms with E-state index in [0.717, 1.165) is 90.8 Å². The van der Waals surface area contributed by atoms with Crippen LogP contribution in [0.15, 0.2) is 110 Å². The minimum atomic E-state index is -0.0819. The van der Waals surface area contributed by atoms with Gasteiger partial charge in [0.1, 0.15) is 0 Å². The number of methoxy groups -OCH3 is 2. The number of esters is 2. The quantitative estimate of drug-likeness (QED) is 0.0366. The van der Waals surface area contributed by atoms with Crippen LogP contribution >= 0.6 is 0 Å². The van der Waals surface area contributed by atoms with Gasteiger partial charge in [-0.1, -0.05) is 214 Å². The number of ether oxygens (including phenoxy) is 2. The number of fused-ring (bicyclic) bond motifs is 7. The maximum atomic E-state index is 11.0. The second-order valence-corrected chi connectivity index (χ2v) is 23.5. The van der Waals surface area contributed by atoms with Crippen LogP contribution in [0, 0.1) is 71.0 Å². The molecule has 0 spiro atoms. The smallest absolute Gasteiger partial charge is 0.305 e. The fraction of sp³-hybridized carbons (Fsp3) is 0.714. The van der Waals surface area contributed by atoms with Gasteiger partial charge >= 0.3 is 11.9 Å². The van der Waals surface area contributed by atoms with Crippen molar-refractivity contribution >= 4 is 11.9 Å². The molecule has 7 aliphatic carbocycles. The molecule has 0 aromatic rings. The number of rotatable bonds is 34. The summed E-state index contributed by atoms with van der Waals surface area (Å²) in [5.74, 6) is 9.86. The van der Waals surface area contributed by atoms with Gasteiger partial charge in [-0.3, -0.25) is 9.59 Å². The molecule has 12 unspecified atom stereocenters. The van der Waals surface area contributed by atoms with Crippen molar-refractivity contribution in [2.24, 2.45) is 71.0 Å². The zero-order chi connectivity index (χ0) is 52.9. The molecule has 0 N–H and O–H groups in total. The van der Waals surface area contributed by atoms with E-state index in [1.807, 2.05) is 0 Å². The largest absolute Gasteiger partial charge is 0.469 e. The van der Waals surface area contributed by atoms with Crippen LogP contribution in [0.5, 0.6) is 0 Å². The lowest BCUT2D eigenvalue weighted by Gasteiger charge is -2.18. The van der Waals surface area contributed by atoms with Gasteiger partial charge in [-0.2, -0.15) is 0 Å². The molecule has 3 fully saturated rings. The number of hydrogen-bond donors (Lipinski definition) is 0. The predicted molar refractivity (Wildman–Crippen MR) is 319 cm³/mol. The standard InChI is InChI=1S/C21H32O2.C20H32.C19H36O2.C10H12/c1-3-17-16-18(20-14-11-13-19(17)20)12-9-7-5-4-6-8-10-15-21(22)23-2;1-3-5-6-7-8-9-10-11-13-18-16-17(4-2)19-14-12-15-20(18)19;1-3-4-5-6-7-8-9-10-11-12-13-14-15-16-17-18-19(20)21-2;1-2-9-7-4-5-8(6-7)10(9)3-1/h3,9,11-12,14,17-20H,1,4-8,10,13,15-16H2,2H3;4,11-13,15,17-20H,2-3,5-10,14,16H2,1H3;10-11H,3-9,12-18H2,1-2H3;1-2,4-5,7-10H,3,6H2/b12-9+;13-11+;11-10-;. The number of hydrogen-bond acceptors (Lipinski definition) is 4. The molecular formula is C70H112O4. The van der Waals surface area contributed by atoms with Crippen molar-refractivity contribution in [3.8, 4) is 0 Å². The van der Waals surface area contributed by atoms with E-state index in [0.29, 0.717) is 18.8 Å². The van der Waals surface area contributed by atoms with Crippen LogP contribution in [0.25, 0.3) is 0 Å². The predicted octanol–water partition coefficient (Wildman–Crippen LogP) is 20.3. The van der Waals surface area contributed by atoms with Crippen molar-refractivity contribution in [3.63, 3.8) is 0 Å². The highest BCUT2D eigenvalue weighted by Crippen LogP contribution is 2.53. The third-order valence-corrected chi connectivity index (χ3v) is 18.1. The lowest BCUT2D eigenvalue weighted by atomic mass is 9.86. The molecule has 416 valence electrons. The Kier molecular flexibility index (Phi) is 34.0. The monoisotopic (exact) mass is 1020 g/mol. The van der Waals surface area contributed by atoms with E-state index in [4.69, 9.17) is 0 Å². The van der Waals surface area contributed by atoms with Gasteiger partial charge in [0.2, 0.25) is 0 Å². The zero-order valence-corrected chi connectivity index (χ0v) is 48.3. The van der Waals surface area contributed by atoms with Crippen molar-refractivity contribution in [1.29, 1.82) is 0 Å². The number of carbonyl (C=O) groups excluding carboxylic acids is 2. The van der Waals surface area contributed by atoms with Crippen molar-refractivity contribution in [1.82, 2.24) is 0 Å². The maximum Gasteiger partial charge on any atom is 0.305 e. The molecule has 4 heteroatoms. The van der Waals surface area contributed by atoms with Crippen molar-refractivity contribution in [2.45, 2.75) is 232 Å². The van der Waals surface area contributed by atoms with Crippen LogP contribution < -0.4 is 0 Å². The highest BCUT2D eigenvalue weighted by Gasteiger charge is 2.44. The number of unbranched alkanes of at least 4 members (excludes halogenated alkanes) is 22. The highest BCUT2D eigenvalue weighted by atomic mass is 16.5. The summed E-state index contributed by atoms with van der Waals surface area (Å²) in [6.45, 7) is 12.6. The fourth-order valence-corrected chi connectivity index (χ4v) is 13.6. The van der Waals surface area contributed by atoms with Gasteiger partial charge in [-0.15, -0.1) is 13.2 Å². The van der Waals surface area contributed by atoms with E-state index in [1.54, 1.807) is 0 Å². The molecule has 0 amide bonds. The molecule has 0 aromatic carbocycles. The van der Waals surface area contributed by atoms with E-state index in [2.05, 4.69) is 134 Å². The van der Waals surface area contributed by atoms with Crippen LogP contribution in [0.3, 0.4) is 0 Å². The summed E-state index contributed by atoms with van der Waals surface area (Å²) < 4.78 is 9.27. The van der Waals surface area contributed by atoms with E-state index < -0.39 is 0 Å². The lowest BCUT2D eigenvalue weighted by molar-refractivity contribution is -0.141. The van der Waals surface area contributed by atoms with E-state index in [-0.39, 0.29) is 11.9 Å². The molecule has 2 bridgehead atoms. The topological polar surface area (TPSA) is 52.6 Å². The summed E-state index contributed by atoms with van der Waals surface area (Å²) in [6, 6.07) is 0. The molecule has 0 aliphatic heterocycles. The van der Waals surface area contributed by atoms with Gasteiger partial charge < -0.3 is 9.47 Å². The molecule has 4 nitrogen and oxygen atoms in total. The van der Waals surface area contributed by atoms with Crippen molar-refractivity contribution < 1.29 is 19.1 Å². The first-order chi connectivity index (χ1) is 36.4. The van der Waals surface area contributed by atoms with Gasteiger partial charge in [0.05, 0.1) is 14.2 Å². The van der Waals surface area contributed by atoms with Crippen molar-refractivity contribution in [2.75, 3.05) is 14.2 Å². The number of carbonyl (C=O) groups is 2. The number of allylic oxidation sites excluding steroid dienone is 16. The molecule has 7 aliphatic rings. The minimum Gasteiger partial charge on any atom is -0.469 e.